The van der Waals surface area contributed by atoms with Crippen molar-refractivity contribution in [1.82, 2.24) is 5.32 Å². The van der Waals surface area contributed by atoms with Crippen molar-refractivity contribution < 1.29 is 13.5 Å². The largest absolute Gasteiger partial charge is 0.373 e. The molecular formula is C15H19F2NO. The molecular weight excluding hydrogens is 248 g/mol. The zero-order valence-corrected chi connectivity index (χ0v) is 10.8. The Balaban J connectivity index is 1.69. The molecule has 3 rings (SSSR count). The fourth-order valence-corrected chi connectivity index (χ4v) is 2.69. The molecule has 0 bridgehead atoms. The van der Waals surface area contributed by atoms with E-state index >= 15 is 0 Å². The standard InChI is InChI=1S/C15H19F2NO/c16-15(17)11-3-1-2-10(8-11)14-12(6-7-19-14)9-18-13-4-5-13/h1-3,8,12-15,18H,4-7,9H2. The van der Waals surface area contributed by atoms with Crippen LogP contribution in [0.2, 0.25) is 0 Å². The fourth-order valence-electron chi connectivity index (χ4n) is 2.69. The van der Waals surface area contributed by atoms with Crippen molar-refractivity contribution in [3.63, 3.8) is 0 Å². The van der Waals surface area contributed by atoms with Crippen molar-refractivity contribution in [1.29, 1.82) is 0 Å². The molecule has 1 aromatic rings. The van der Waals surface area contributed by atoms with Gasteiger partial charge in [0.15, 0.2) is 0 Å². The van der Waals surface area contributed by atoms with E-state index in [1.165, 1.54) is 18.9 Å². The van der Waals surface area contributed by atoms with Crippen LogP contribution < -0.4 is 5.32 Å². The number of halogens is 2. The van der Waals surface area contributed by atoms with Gasteiger partial charge < -0.3 is 10.1 Å². The van der Waals surface area contributed by atoms with Crippen molar-refractivity contribution in [3.8, 4) is 0 Å². The average Bonchev–Trinajstić information content (AvgIpc) is 3.13. The summed E-state index contributed by atoms with van der Waals surface area (Å²) in [4.78, 5) is 0. The van der Waals surface area contributed by atoms with Crippen LogP contribution in [0, 0.1) is 5.92 Å². The second-order valence-corrected chi connectivity index (χ2v) is 5.49. The highest BCUT2D eigenvalue weighted by Crippen LogP contribution is 2.36. The molecule has 2 nitrogen and oxygen atoms in total. The molecule has 1 heterocycles. The third-order valence-corrected chi connectivity index (χ3v) is 3.95. The van der Waals surface area contributed by atoms with E-state index in [1.807, 2.05) is 6.07 Å². The molecule has 2 aliphatic rings. The van der Waals surface area contributed by atoms with Gasteiger partial charge in [0.1, 0.15) is 0 Å². The molecule has 2 atom stereocenters. The van der Waals surface area contributed by atoms with Gasteiger partial charge in [0, 0.05) is 30.7 Å². The first-order valence-electron chi connectivity index (χ1n) is 6.97. The second kappa shape index (κ2) is 5.55. The zero-order chi connectivity index (χ0) is 13.2. The van der Waals surface area contributed by atoms with E-state index in [0.29, 0.717) is 12.0 Å². The van der Waals surface area contributed by atoms with Gasteiger partial charge in [-0.1, -0.05) is 18.2 Å². The van der Waals surface area contributed by atoms with Crippen LogP contribution in [0.4, 0.5) is 8.78 Å². The molecule has 1 saturated carbocycles. The normalized spacial score (nSPS) is 27.1. The van der Waals surface area contributed by atoms with Crippen LogP contribution in [-0.4, -0.2) is 19.2 Å². The molecule has 19 heavy (non-hydrogen) atoms. The Morgan fingerprint density at radius 3 is 2.84 bits per heavy atom. The van der Waals surface area contributed by atoms with Gasteiger partial charge >= 0.3 is 0 Å². The third-order valence-electron chi connectivity index (χ3n) is 3.95. The SMILES string of the molecule is FC(F)c1cccc(C2OCCC2CNC2CC2)c1. The molecule has 0 amide bonds. The number of ether oxygens (including phenoxy) is 1. The Bertz CT molecular complexity index is 434. The molecule has 0 aromatic heterocycles. The van der Waals surface area contributed by atoms with Crippen LogP contribution in [0.25, 0.3) is 0 Å². The van der Waals surface area contributed by atoms with Crippen LogP contribution >= 0.6 is 0 Å². The highest BCUT2D eigenvalue weighted by molar-refractivity contribution is 5.27. The summed E-state index contributed by atoms with van der Waals surface area (Å²) in [5.41, 5.74) is 0.972. The third kappa shape index (κ3) is 3.12. The minimum Gasteiger partial charge on any atom is -0.373 e. The number of nitrogens with one attached hydrogen (secondary N) is 1. The minimum atomic E-state index is -2.41. The molecule has 0 spiro atoms. The van der Waals surface area contributed by atoms with E-state index in [2.05, 4.69) is 5.32 Å². The number of hydrogen-bond acceptors (Lipinski definition) is 2. The van der Waals surface area contributed by atoms with Crippen LogP contribution in [0.5, 0.6) is 0 Å². The molecule has 2 fully saturated rings. The molecule has 104 valence electrons. The van der Waals surface area contributed by atoms with Crippen LogP contribution in [0.15, 0.2) is 24.3 Å². The van der Waals surface area contributed by atoms with Gasteiger partial charge in [-0.05, 0) is 30.9 Å². The molecule has 1 aliphatic heterocycles. The zero-order valence-electron chi connectivity index (χ0n) is 10.8. The van der Waals surface area contributed by atoms with Gasteiger partial charge in [-0.3, -0.25) is 0 Å². The lowest BCUT2D eigenvalue weighted by Gasteiger charge is -2.20. The van der Waals surface area contributed by atoms with Gasteiger partial charge in [-0.25, -0.2) is 8.78 Å². The van der Waals surface area contributed by atoms with Crippen LogP contribution in [0.3, 0.4) is 0 Å². The summed E-state index contributed by atoms with van der Waals surface area (Å²) in [5.74, 6) is 0.397. The summed E-state index contributed by atoms with van der Waals surface area (Å²) < 4.78 is 31.2. The maximum absolute atomic E-state index is 12.7. The first kappa shape index (κ1) is 13.0. The molecule has 1 N–H and O–H groups in total. The maximum atomic E-state index is 12.7. The highest BCUT2D eigenvalue weighted by Gasteiger charge is 2.31. The lowest BCUT2D eigenvalue weighted by molar-refractivity contribution is 0.0898. The Kier molecular flexibility index (Phi) is 3.80. The van der Waals surface area contributed by atoms with Crippen molar-refractivity contribution in [2.75, 3.05) is 13.2 Å². The van der Waals surface area contributed by atoms with Crippen LogP contribution in [-0.2, 0) is 4.74 Å². The molecule has 4 heteroatoms. The van der Waals surface area contributed by atoms with E-state index in [9.17, 15) is 8.78 Å². The fraction of sp³-hybridized carbons (Fsp3) is 0.600. The molecule has 2 unspecified atom stereocenters. The predicted molar refractivity (Wildman–Crippen MR) is 69.2 cm³/mol. The molecule has 1 saturated heterocycles. The second-order valence-electron chi connectivity index (χ2n) is 5.49. The Hall–Kier alpha value is -1.00. The summed E-state index contributed by atoms with van der Waals surface area (Å²) in [6, 6.07) is 7.33. The van der Waals surface area contributed by atoms with Crippen molar-refractivity contribution in [3.05, 3.63) is 35.4 Å². The van der Waals surface area contributed by atoms with Gasteiger partial charge in [0.05, 0.1) is 6.10 Å². The summed E-state index contributed by atoms with van der Waals surface area (Å²) in [7, 11) is 0. The first-order chi connectivity index (χ1) is 9.24. The van der Waals surface area contributed by atoms with E-state index in [-0.39, 0.29) is 11.7 Å². The maximum Gasteiger partial charge on any atom is 0.263 e. The monoisotopic (exact) mass is 267 g/mol. The van der Waals surface area contributed by atoms with Gasteiger partial charge in [-0.2, -0.15) is 0 Å². The smallest absolute Gasteiger partial charge is 0.263 e. The topological polar surface area (TPSA) is 21.3 Å². The summed E-state index contributed by atoms with van der Waals surface area (Å²) in [5, 5.41) is 3.51. The van der Waals surface area contributed by atoms with Crippen molar-refractivity contribution in [2.45, 2.75) is 37.8 Å². The average molecular weight is 267 g/mol. The lowest BCUT2D eigenvalue weighted by atomic mass is 9.94. The van der Waals surface area contributed by atoms with Gasteiger partial charge in [0.25, 0.3) is 6.43 Å². The molecule has 0 radical (unpaired) electrons. The van der Waals surface area contributed by atoms with E-state index in [0.717, 1.165) is 25.1 Å². The number of benzene rings is 1. The highest BCUT2D eigenvalue weighted by atomic mass is 19.3. The summed E-state index contributed by atoms with van der Waals surface area (Å²) in [6.07, 6.45) is 1.08. The quantitative estimate of drug-likeness (QED) is 0.882. The van der Waals surface area contributed by atoms with E-state index in [4.69, 9.17) is 4.74 Å². The first-order valence-corrected chi connectivity index (χ1v) is 6.97. The Morgan fingerprint density at radius 2 is 2.11 bits per heavy atom. The minimum absolute atomic E-state index is 0.0371. The van der Waals surface area contributed by atoms with Crippen molar-refractivity contribution in [2.24, 2.45) is 5.92 Å². The number of hydrogen-bond donors (Lipinski definition) is 1. The summed E-state index contributed by atoms with van der Waals surface area (Å²) in [6.45, 7) is 1.65. The molecule has 1 aliphatic carbocycles. The van der Waals surface area contributed by atoms with Crippen LogP contribution in [0.1, 0.15) is 42.9 Å². The van der Waals surface area contributed by atoms with E-state index < -0.39 is 6.43 Å². The predicted octanol–water partition coefficient (Wildman–Crippen LogP) is 3.45. The molecule has 1 aromatic carbocycles. The number of alkyl halides is 2. The Labute approximate surface area is 112 Å². The van der Waals surface area contributed by atoms with Gasteiger partial charge in [0.2, 0.25) is 0 Å². The number of rotatable bonds is 5. The van der Waals surface area contributed by atoms with Gasteiger partial charge in [-0.15, -0.1) is 0 Å². The Morgan fingerprint density at radius 1 is 1.26 bits per heavy atom. The summed E-state index contributed by atoms with van der Waals surface area (Å²) >= 11 is 0. The van der Waals surface area contributed by atoms with Crippen molar-refractivity contribution >= 4 is 0 Å². The van der Waals surface area contributed by atoms with E-state index in [1.54, 1.807) is 12.1 Å². The lowest BCUT2D eigenvalue weighted by Crippen LogP contribution is -2.26.